The summed E-state index contributed by atoms with van der Waals surface area (Å²) in [6, 6.07) is -0.514. The molecule has 19 nitrogen and oxygen atoms in total. The molecule has 0 radical (unpaired) electrons. The molecular formula is C20H26N12O7P2+2. The Bertz CT molecular complexity index is 1680. The summed E-state index contributed by atoms with van der Waals surface area (Å²) in [6.07, 6.45) is 3.82. The first-order chi connectivity index (χ1) is 19.8. The summed E-state index contributed by atoms with van der Waals surface area (Å²) in [4.78, 5) is 35.2. The van der Waals surface area contributed by atoms with Gasteiger partial charge in [0.2, 0.25) is 5.95 Å². The van der Waals surface area contributed by atoms with Gasteiger partial charge in [0.15, 0.2) is 22.6 Å². The predicted molar refractivity (Wildman–Crippen MR) is 142 cm³/mol. The maximum absolute atomic E-state index is 12.9. The van der Waals surface area contributed by atoms with Crippen molar-refractivity contribution < 1.29 is 27.7 Å². The van der Waals surface area contributed by atoms with Gasteiger partial charge in [-0.2, -0.15) is 4.98 Å². The van der Waals surface area contributed by atoms with Crippen molar-refractivity contribution in [3.05, 3.63) is 29.3 Å². The standard InChI is InChI=1S/C20H25N12O7P2/c21-16-14-17(25-6-24-16)32(7-26-14)13-3-10(11(39-13)5-36-40(23)34)30-41(35)37-4-9-1-2-12(38-9)31-8-27-15-18(31)28-20(22)29-19(15)33/h6-13H,1-5H2,(H7-,21,22,23,24,25,28,29,30,33,34,35)/q+1/p+1/t9-,10-,11+,12+,13+/m0/s1. The molecule has 0 saturated carbocycles. The van der Waals surface area contributed by atoms with Gasteiger partial charge in [-0.1, -0.05) is 10.6 Å². The van der Waals surface area contributed by atoms with Crippen LogP contribution in [0.15, 0.2) is 23.8 Å². The number of nitrogens with one attached hydrogen (secondary N) is 2. The zero-order valence-corrected chi connectivity index (χ0v) is 23.1. The average molecular weight is 608 g/mol. The lowest BCUT2D eigenvalue weighted by molar-refractivity contribution is -0.0193. The molecule has 0 aliphatic carbocycles. The van der Waals surface area contributed by atoms with E-state index in [4.69, 9.17) is 35.5 Å². The highest BCUT2D eigenvalue weighted by Crippen LogP contribution is 2.36. The van der Waals surface area contributed by atoms with Crippen LogP contribution >= 0.6 is 16.4 Å². The van der Waals surface area contributed by atoms with Crippen molar-refractivity contribution in [1.82, 2.24) is 44.1 Å². The summed E-state index contributed by atoms with van der Waals surface area (Å²) in [5.74, 6) is 0.202. The van der Waals surface area contributed by atoms with Crippen molar-refractivity contribution in [2.24, 2.45) is 5.50 Å². The molecule has 2 fully saturated rings. The van der Waals surface area contributed by atoms with Crippen molar-refractivity contribution in [3.63, 3.8) is 0 Å². The van der Waals surface area contributed by atoms with E-state index >= 15 is 0 Å². The van der Waals surface area contributed by atoms with Crippen molar-refractivity contribution in [2.75, 3.05) is 24.7 Å². The Morgan fingerprint density at radius 3 is 2.59 bits per heavy atom. The first kappa shape index (κ1) is 27.6. The second-order valence-corrected chi connectivity index (χ2v) is 11.2. The minimum absolute atomic E-state index is 0.0241. The SMILES string of the molecule is Nc1nc2c(ncn2[C@H]2CC[C@@H](CO[P+](=O)N[C@H]3C[C@H](n4cnc5c(N)ncnc54)O[C@@H]3CO[P+](N)=O)O2)c(=O)[nH]1. The molecule has 0 aromatic carbocycles. The molecular weight excluding hydrogens is 582 g/mol. The van der Waals surface area contributed by atoms with Gasteiger partial charge >= 0.3 is 16.4 Å². The monoisotopic (exact) mass is 608 g/mol. The van der Waals surface area contributed by atoms with Crippen LogP contribution in [0.1, 0.15) is 31.7 Å². The number of aromatic amines is 1. The quantitative estimate of drug-likeness (QED) is 0.152. The van der Waals surface area contributed by atoms with E-state index in [1.54, 1.807) is 9.13 Å². The summed E-state index contributed by atoms with van der Waals surface area (Å²) >= 11 is 0. The van der Waals surface area contributed by atoms with Crippen LogP contribution in [-0.2, 0) is 27.7 Å². The Labute approximate surface area is 232 Å². The van der Waals surface area contributed by atoms with Crippen LogP contribution in [0.2, 0.25) is 0 Å². The molecule has 41 heavy (non-hydrogen) atoms. The molecule has 6 heterocycles. The number of anilines is 2. The highest BCUT2D eigenvalue weighted by Gasteiger charge is 2.43. The molecule has 7 atom stereocenters. The lowest BCUT2D eigenvalue weighted by atomic mass is 10.1. The van der Waals surface area contributed by atoms with Crippen LogP contribution in [0.25, 0.3) is 22.3 Å². The van der Waals surface area contributed by atoms with Gasteiger partial charge < -0.3 is 20.9 Å². The van der Waals surface area contributed by atoms with E-state index in [1.165, 1.54) is 19.0 Å². The second-order valence-electron chi connectivity index (χ2n) is 9.38. The molecule has 4 aromatic heterocycles. The Kier molecular flexibility index (Phi) is 7.67. The van der Waals surface area contributed by atoms with Crippen LogP contribution < -0.4 is 27.6 Å². The molecule has 0 spiro atoms. The van der Waals surface area contributed by atoms with Gasteiger partial charge in [-0.15, -0.1) is 9.05 Å². The molecule has 0 bridgehead atoms. The van der Waals surface area contributed by atoms with Crippen molar-refractivity contribution in [2.45, 2.75) is 50.0 Å². The number of hydrogen-bond donors (Lipinski definition) is 5. The van der Waals surface area contributed by atoms with Crippen molar-refractivity contribution in [1.29, 1.82) is 0 Å². The lowest BCUT2D eigenvalue weighted by Gasteiger charge is -2.14. The summed E-state index contributed by atoms with van der Waals surface area (Å²) in [6.45, 7) is -0.0723. The maximum Gasteiger partial charge on any atom is 0.613 e. The molecule has 216 valence electrons. The van der Waals surface area contributed by atoms with Crippen LogP contribution in [0.4, 0.5) is 11.8 Å². The number of nitrogens with zero attached hydrogens (tertiary/aromatic N) is 7. The number of fused-ring (bicyclic) bond motifs is 2. The van der Waals surface area contributed by atoms with Gasteiger partial charge in [0.25, 0.3) is 5.56 Å². The largest absolute Gasteiger partial charge is 0.613 e. The fourth-order valence-corrected chi connectivity index (χ4v) is 6.12. The van der Waals surface area contributed by atoms with Gasteiger partial charge in [-0.05, 0) is 22.0 Å². The number of hydrogen-bond acceptors (Lipinski definition) is 14. The number of imidazole rings is 2. The molecule has 2 aliphatic rings. The van der Waals surface area contributed by atoms with Crippen LogP contribution in [0.5, 0.6) is 0 Å². The van der Waals surface area contributed by atoms with Gasteiger partial charge in [0.05, 0.1) is 24.8 Å². The highest BCUT2D eigenvalue weighted by molar-refractivity contribution is 7.36. The van der Waals surface area contributed by atoms with E-state index in [2.05, 4.69) is 35.0 Å². The minimum Gasteiger partial charge on any atom is -0.382 e. The number of ether oxygens (including phenoxy) is 2. The third-order valence-electron chi connectivity index (χ3n) is 6.79. The number of rotatable bonds is 10. The highest BCUT2D eigenvalue weighted by atomic mass is 31.1. The van der Waals surface area contributed by atoms with Crippen molar-refractivity contribution in [3.8, 4) is 0 Å². The van der Waals surface area contributed by atoms with E-state index in [0.29, 0.717) is 36.1 Å². The Morgan fingerprint density at radius 2 is 1.78 bits per heavy atom. The fraction of sp³-hybridized carbons (Fsp3) is 0.500. The molecule has 2 saturated heterocycles. The summed E-state index contributed by atoms with van der Waals surface area (Å²) in [7, 11) is -4.72. The summed E-state index contributed by atoms with van der Waals surface area (Å²) in [5.41, 5.74) is 17.8. The van der Waals surface area contributed by atoms with E-state index in [0.717, 1.165) is 0 Å². The Hall–Kier alpha value is -3.54. The summed E-state index contributed by atoms with van der Waals surface area (Å²) in [5, 5.41) is 2.93. The Morgan fingerprint density at radius 1 is 1.00 bits per heavy atom. The smallest absolute Gasteiger partial charge is 0.382 e. The molecule has 21 heteroatoms. The topological polar surface area (TPSA) is 268 Å². The molecule has 0 amide bonds. The van der Waals surface area contributed by atoms with E-state index in [-0.39, 0.29) is 36.6 Å². The zero-order chi connectivity index (χ0) is 28.7. The molecule has 8 N–H and O–H groups in total. The predicted octanol–water partition coefficient (Wildman–Crippen LogP) is 0.354. The average Bonchev–Trinajstić information content (AvgIpc) is 3.71. The van der Waals surface area contributed by atoms with E-state index in [1.807, 2.05) is 0 Å². The Balaban J connectivity index is 1.07. The van der Waals surface area contributed by atoms with E-state index < -0.39 is 46.5 Å². The first-order valence-electron chi connectivity index (χ1n) is 12.4. The van der Waals surface area contributed by atoms with Gasteiger partial charge in [0.1, 0.15) is 43.6 Å². The number of H-pyrrole nitrogens is 1. The maximum atomic E-state index is 12.9. The molecule has 2 aliphatic heterocycles. The van der Waals surface area contributed by atoms with Gasteiger partial charge in [-0.3, -0.25) is 18.9 Å². The van der Waals surface area contributed by atoms with Gasteiger partial charge in [0, 0.05) is 6.42 Å². The fourth-order valence-electron chi connectivity index (χ4n) is 4.91. The van der Waals surface area contributed by atoms with Crippen LogP contribution in [-0.4, -0.2) is 70.5 Å². The molecule has 2 unspecified atom stereocenters. The first-order valence-corrected chi connectivity index (χ1v) is 14.9. The molecule has 6 rings (SSSR count). The zero-order valence-electron chi connectivity index (χ0n) is 21.3. The molecule has 4 aromatic rings. The number of nitrogen functional groups attached to an aromatic ring is 2. The van der Waals surface area contributed by atoms with Gasteiger partial charge in [-0.25, -0.2) is 19.9 Å². The number of aromatic nitrogens is 8. The van der Waals surface area contributed by atoms with Crippen LogP contribution in [0.3, 0.4) is 0 Å². The minimum atomic E-state index is -2.37. The van der Waals surface area contributed by atoms with Crippen LogP contribution in [0, 0.1) is 0 Å². The summed E-state index contributed by atoms with van der Waals surface area (Å²) < 4.78 is 50.4. The van der Waals surface area contributed by atoms with E-state index in [9.17, 15) is 13.9 Å². The second kappa shape index (κ2) is 11.4. The number of nitrogens with two attached hydrogens (primary N) is 3. The van der Waals surface area contributed by atoms with Crippen molar-refractivity contribution >= 4 is 50.5 Å². The third kappa shape index (κ3) is 5.66. The normalized spacial score (nSPS) is 25.3. The third-order valence-corrected chi connectivity index (χ3v) is 8.12. The lowest BCUT2D eigenvalue weighted by Crippen LogP contribution is -2.35.